The van der Waals surface area contributed by atoms with Gasteiger partial charge >= 0.3 is 0 Å². The van der Waals surface area contributed by atoms with Crippen LogP contribution in [0.5, 0.6) is 0 Å². The number of nitrogens with zero attached hydrogens (tertiary/aromatic N) is 2. The quantitative estimate of drug-likeness (QED) is 0.352. The Morgan fingerprint density at radius 2 is 1.51 bits per heavy atom. The molecule has 250 valence electrons. The fourth-order valence-corrected chi connectivity index (χ4v) is 8.92. The largest absolute Gasteiger partial charge is 0.338 e. The summed E-state index contributed by atoms with van der Waals surface area (Å²) in [7, 11) is -3.26. The number of likely N-dealkylation sites (tertiary alicyclic amines) is 2. The zero-order chi connectivity index (χ0) is 30.2. The number of halogens is 4. The normalized spacial score (nSPS) is 25.9. The van der Waals surface area contributed by atoms with E-state index in [1.165, 1.54) is 11.8 Å². The van der Waals surface area contributed by atoms with E-state index in [1.54, 1.807) is 12.1 Å². The molecule has 11 heteroatoms. The van der Waals surface area contributed by atoms with Crippen molar-refractivity contribution in [3.05, 3.63) is 65.7 Å². The van der Waals surface area contributed by atoms with Crippen LogP contribution >= 0.6 is 24.8 Å². The lowest BCUT2D eigenvalue weighted by molar-refractivity contribution is -0.139. The molecule has 1 aliphatic carbocycles. The van der Waals surface area contributed by atoms with Crippen molar-refractivity contribution in [1.82, 2.24) is 15.1 Å². The zero-order valence-electron chi connectivity index (χ0n) is 26.0. The third kappa shape index (κ3) is 8.03. The second-order valence-electron chi connectivity index (χ2n) is 13.7. The van der Waals surface area contributed by atoms with Crippen LogP contribution in [0, 0.1) is 17.3 Å². The Balaban J connectivity index is 0.00000230. The summed E-state index contributed by atoms with van der Waals surface area (Å²) in [5.41, 5.74) is 1.94. The maximum absolute atomic E-state index is 14.0. The van der Waals surface area contributed by atoms with Gasteiger partial charge in [0.05, 0.1) is 10.3 Å². The molecule has 0 radical (unpaired) electrons. The highest BCUT2D eigenvalue weighted by Gasteiger charge is 2.50. The number of alkyl halides is 2. The van der Waals surface area contributed by atoms with E-state index in [1.807, 2.05) is 17.0 Å². The molecule has 3 heterocycles. The van der Waals surface area contributed by atoms with Gasteiger partial charge in [-0.3, -0.25) is 9.69 Å². The van der Waals surface area contributed by atoms with E-state index in [2.05, 4.69) is 40.5 Å². The van der Waals surface area contributed by atoms with Gasteiger partial charge in [-0.2, -0.15) is 0 Å². The van der Waals surface area contributed by atoms with Crippen molar-refractivity contribution in [1.29, 1.82) is 0 Å². The van der Waals surface area contributed by atoms with Crippen molar-refractivity contribution in [3.8, 4) is 0 Å². The van der Waals surface area contributed by atoms with Gasteiger partial charge < -0.3 is 10.2 Å². The van der Waals surface area contributed by atoms with E-state index < -0.39 is 15.8 Å². The number of piperidine rings is 1. The van der Waals surface area contributed by atoms with Crippen molar-refractivity contribution in [2.75, 3.05) is 39.0 Å². The number of nitrogens with one attached hydrogen (secondary N) is 1. The molecular weight excluding hydrogens is 639 g/mol. The number of benzene rings is 2. The molecule has 0 bridgehead atoms. The highest BCUT2D eigenvalue weighted by Crippen LogP contribution is 2.46. The Labute approximate surface area is 279 Å². The van der Waals surface area contributed by atoms with Crippen molar-refractivity contribution in [3.63, 3.8) is 0 Å². The Morgan fingerprint density at radius 3 is 2.13 bits per heavy atom. The van der Waals surface area contributed by atoms with Gasteiger partial charge in [0.2, 0.25) is 11.8 Å². The lowest BCUT2D eigenvalue weighted by Crippen LogP contribution is -2.51. The highest BCUT2D eigenvalue weighted by molar-refractivity contribution is 7.90. The summed E-state index contributed by atoms with van der Waals surface area (Å²) in [5, 5.41) is 3.65. The lowest BCUT2D eigenvalue weighted by Gasteiger charge is -2.46. The maximum atomic E-state index is 14.0. The van der Waals surface area contributed by atoms with Crippen molar-refractivity contribution in [2.24, 2.45) is 17.3 Å². The summed E-state index contributed by atoms with van der Waals surface area (Å²) < 4.78 is 51.7. The van der Waals surface area contributed by atoms with Crippen LogP contribution in [-0.4, -0.2) is 75.1 Å². The van der Waals surface area contributed by atoms with Crippen LogP contribution in [0.2, 0.25) is 0 Å². The standard InChI is InChI=1S/C34H45F2N3O3S.2ClH/c1-43(41,42)28-9-7-26(8-10-28)24-39-20-17-33(32(39)40)15-18-38(19-16-33)31(21-25-11-13-34(35,36)14-12-25)30-23-37-22-29(30)27-5-3-2-4-6-27;;/h2-10,25,29-31,37H,11-24H2,1H3;2*1H/t29-,30-,31?;;/m1../s1. The first kappa shape index (κ1) is 36.1. The minimum absolute atomic E-state index is 0. The Hall–Kier alpha value is -1.78. The summed E-state index contributed by atoms with van der Waals surface area (Å²) in [5.74, 6) is -1.19. The van der Waals surface area contributed by atoms with Crippen LogP contribution in [0.15, 0.2) is 59.5 Å². The monoisotopic (exact) mass is 685 g/mol. The van der Waals surface area contributed by atoms with E-state index in [9.17, 15) is 22.0 Å². The molecule has 0 aromatic heterocycles. The summed E-state index contributed by atoms with van der Waals surface area (Å²) >= 11 is 0. The van der Waals surface area contributed by atoms with Crippen molar-refractivity contribution in [2.45, 2.75) is 80.7 Å². The zero-order valence-corrected chi connectivity index (χ0v) is 28.5. The molecule has 1 saturated carbocycles. The van der Waals surface area contributed by atoms with Crippen LogP contribution in [0.3, 0.4) is 0 Å². The Kier molecular flexibility index (Phi) is 11.7. The van der Waals surface area contributed by atoms with Gasteiger partial charge in [0.1, 0.15) is 0 Å². The molecule has 3 atom stereocenters. The second kappa shape index (κ2) is 14.5. The van der Waals surface area contributed by atoms with Gasteiger partial charge in [-0.15, -0.1) is 24.8 Å². The molecule has 1 amide bonds. The number of sulfone groups is 1. The molecule has 2 aromatic carbocycles. The first-order valence-corrected chi connectivity index (χ1v) is 17.9. The molecule has 3 aliphatic heterocycles. The number of carbonyl (C=O) groups is 1. The summed E-state index contributed by atoms with van der Waals surface area (Å²) in [6.07, 6.45) is 5.83. The average molecular weight is 687 g/mol. The maximum Gasteiger partial charge on any atom is 0.248 e. The number of rotatable bonds is 8. The molecule has 6 nitrogen and oxygen atoms in total. The van der Waals surface area contributed by atoms with Crippen LogP contribution in [-0.2, 0) is 21.2 Å². The molecule has 4 fully saturated rings. The van der Waals surface area contributed by atoms with Gasteiger partial charge in [0, 0.05) is 57.2 Å². The van der Waals surface area contributed by atoms with Crippen LogP contribution in [0.1, 0.15) is 68.4 Å². The van der Waals surface area contributed by atoms with Gasteiger partial charge in [-0.05, 0) is 86.7 Å². The van der Waals surface area contributed by atoms with Gasteiger partial charge in [-0.1, -0.05) is 42.5 Å². The Morgan fingerprint density at radius 1 is 0.889 bits per heavy atom. The number of amides is 1. The van der Waals surface area contributed by atoms with Gasteiger partial charge in [0.15, 0.2) is 9.84 Å². The molecule has 1 spiro atoms. The minimum Gasteiger partial charge on any atom is -0.338 e. The molecular formula is C34H47Cl2F2N3O3S. The molecule has 3 saturated heterocycles. The minimum atomic E-state index is -3.26. The SMILES string of the molecule is CS(=O)(=O)c1ccc(CN2CCC3(CCN(C(CC4CCC(F)(F)CC4)[C@@H]4CNC[C@@H]4c4ccccc4)CC3)C2=O)cc1.Cl.Cl. The van der Waals surface area contributed by atoms with E-state index >= 15 is 0 Å². The third-order valence-corrected chi connectivity index (χ3v) is 12.1. The smallest absolute Gasteiger partial charge is 0.248 e. The Bertz CT molecular complexity index is 1380. The predicted molar refractivity (Wildman–Crippen MR) is 178 cm³/mol. The molecule has 6 rings (SSSR count). The second-order valence-corrected chi connectivity index (χ2v) is 15.7. The van der Waals surface area contributed by atoms with E-state index in [4.69, 9.17) is 0 Å². The summed E-state index contributed by atoms with van der Waals surface area (Å²) in [6, 6.07) is 17.8. The molecule has 1 N–H and O–H groups in total. The van der Waals surface area contributed by atoms with Gasteiger partial charge in [0.25, 0.3) is 0 Å². The lowest BCUT2D eigenvalue weighted by atomic mass is 9.73. The number of hydrogen-bond donors (Lipinski definition) is 1. The topological polar surface area (TPSA) is 69.7 Å². The molecule has 2 aromatic rings. The molecule has 4 aliphatic rings. The fourth-order valence-electron chi connectivity index (χ4n) is 8.29. The predicted octanol–water partition coefficient (Wildman–Crippen LogP) is 6.34. The van der Waals surface area contributed by atoms with E-state index in [0.29, 0.717) is 43.2 Å². The number of carbonyl (C=O) groups excluding carboxylic acids is 1. The van der Waals surface area contributed by atoms with Crippen LogP contribution < -0.4 is 5.32 Å². The van der Waals surface area contributed by atoms with Crippen molar-refractivity contribution < 1.29 is 22.0 Å². The van der Waals surface area contributed by atoms with Gasteiger partial charge in [-0.25, -0.2) is 17.2 Å². The average Bonchev–Trinajstić information content (AvgIpc) is 3.59. The summed E-state index contributed by atoms with van der Waals surface area (Å²) in [4.78, 5) is 18.6. The first-order chi connectivity index (χ1) is 20.5. The fraction of sp³-hybridized carbons (Fsp3) is 0.618. The first-order valence-electron chi connectivity index (χ1n) is 16.0. The molecule has 1 unspecified atom stereocenters. The van der Waals surface area contributed by atoms with E-state index in [0.717, 1.165) is 64.0 Å². The molecule has 45 heavy (non-hydrogen) atoms. The van der Waals surface area contributed by atoms with Crippen LogP contribution in [0.25, 0.3) is 0 Å². The van der Waals surface area contributed by atoms with Crippen LogP contribution in [0.4, 0.5) is 8.78 Å². The highest BCUT2D eigenvalue weighted by atomic mass is 35.5. The third-order valence-electron chi connectivity index (χ3n) is 10.9. The number of hydrogen-bond acceptors (Lipinski definition) is 5. The van der Waals surface area contributed by atoms with E-state index in [-0.39, 0.29) is 53.9 Å². The summed E-state index contributed by atoms with van der Waals surface area (Å²) in [6.45, 7) is 4.79. The van der Waals surface area contributed by atoms with Crippen molar-refractivity contribution >= 4 is 40.6 Å².